The number of nitrogens with one attached hydrogen (secondary N) is 1. The van der Waals surface area contributed by atoms with Gasteiger partial charge in [-0.3, -0.25) is 4.79 Å². The minimum atomic E-state index is -0.0761. The molecule has 0 aliphatic rings. The zero-order valence-corrected chi connectivity index (χ0v) is 18.8. The van der Waals surface area contributed by atoms with Crippen molar-refractivity contribution in [3.05, 3.63) is 63.3 Å². The van der Waals surface area contributed by atoms with Crippen LogP contribution in [0, 0.1) is 6.92 Å². The molecule has 0 radical (unpaired) electrons. The van der Waals surface area contributed by atoms with Crippen LogP contribution in [0.4, 0.5) is 0 Å². The summed E-state index contributed by atoms with van der Waals surface area (Å²) in [5.74, 6) is 0.672. The molecule has 2 aromatic heterocycles. The summed E-state index contributed by atoms with van der Waals surface area (Å²) in [5.41, 5.74) is 4.59. The minimum Gasteiger partial charge on any atom is -0.507 e. The second kappa shape index (κ2) is 8.25. The number of benzene rings is 2. The maximum Gasteiger partial charge on any atom is 0.266 e. The second-order valence-electron chi connectivity index (χ2n) is 7.96. The third-order valence-electron chi connectivity index (χ3n) is 6.08. The first-order valence-corrected chi connectivity index (χ1v) is 11.4. The molecule has 0 saturated heterocycles. The topological polar surface area (TPSA) is 56.3 Å². The zero-order chi connectivity index (χ0) is 21.4. The molecule has 4 nitrogen and oxygen atoms in total. The number of fused-ring (bicyclic) bond motifs is 3. The average Bonchev–Trinajstić information content (AvgIpc) is 3.24. The Balaban J connectivity index is 1.84. The molecule has 0 bridgehead atoms. The fourth-order valence-corrected chi connectivity index (χ4v) is 5.12. The lowest BCUT2D eigenvalue weighted by atomic mass is 9.92. The van der Waals surface area contributed by atoms with Crippen LogP contribution < -0.4 is 5.56 Å². The van der Waals surface area contributed by atoms with E-state index < -0.39 is 0 Å². The van der Waals surface area contributed by atoms with Crippen LogP contribution in [0.15, 0.2) is 46.6 Å². The van der Waals surface area contributed by atoms with Crippen molar-refractivity contribution in [1.82, 2.24) is 9.88 Å². The van der Waals surface area contributed by atoms with E-state index in [0.29, 0.717) is 10.6 Å². The molecule has 5 heteroatoms. The second-order valence-corrected chi connectivity index (χ2v) is 8.88. The van der Waals surface area contributed by atoms with Gasteiger partial charge in [0.05, 0.1) is 5.52 Å². The molecule has 4 aromatic rings. The number of hydrogen-bond acceptors (Lipinski definition) is 4. The largest absolute Gasteiger partial charge is 0.507 e. The zero-order valence-electron chi connectivity index (χ0n) is 18.0. The molecule has 4 rings (SSSR count). The summed E-state index contributed by atoms with van der Waals surface area (Å²) in [5, 5.41) is 14.6. The van der Waals surface area contributed by atoms with Gasteiger partial charge < -0.3 is 15.0 Å². The molecule has 0 saturated carbocycles. The lowest BCUT2D eigenvalue weighted by Gasteiger charge is -2.23. The summed E-state index contributed by atoms with van der Waals surface area (Å²) < 4.78 is 0.693. The molecule has 1 atom stereocenters. The highest BCUT2D eigenvalue weighted by Gasteiger charge is 2.18. The SMILES string of the molecule is CCN(CC)CC(C)c1ccc(-c2c(O)cc(C)c3[nH]c(=O)c4sccc4c23)cc1. The van der Waals surface area contributed by atoms with Gasteiger partial charge >= 0.3 is 0 Å². The minimum absolute atomic E-state index is 0.0761. The van der Waals surface area contributed by atoms with E-state index in [9.17, 15) is 9.90 Å². The summed E-state index contributed by atoms with van der Waals surface area (Å²) in [7, 11) is 0. The number of phenols is 1. The first-order chi connectivity index (χ1) is 14.4. The van der Waals surface area contributed by atoms with E-state index >= 15 is 0 Å². The molecular formula is C25H28N2O2S. The van der Waals surface area contributed by atoms with E-state index in [-0.39, 0.29) is 11.3 Å². The van der Waals surface area contributed by atoms with Crippen LogP contribution in [0.5, 0.6) is 5.75 Å². The van der Waals surface area contributed by atoms with Gasteiger partial charge in [-0.1, -0.05) is 45.0 Å². The van der Waals surface area contributed by atoms with Crippen LogP contribution in [0.1, 0.15) is 37.8 Å². The van der Waals surface area contributed by atoms with Crippen LogP contribution in [-0.4, -0.2) is 34.6 Å². The summed E-state index contributed by atoms with van der Waals surface area (Å²) >= 11 is 1.43. The number of aryl methyl sites for hydroxylation is 1. The van der Waals surface area contributed by atoms with E-state index in [2.05, 4.69) is 54.9 Å². The number of likely N-dealkylation sites (N-methyl/N-ethyl adjacent to an activating group) is 1. The van der Waals surface area contributed by atoms with Crippen LogP contribution in [0.3, 0.4) is 0 Å². The Hall–Kier alpha value is -2.63. The van der Waals surface area contributed by atoms with Gasteiger partial charge in [-0.05, 0) is 60.1 Å². The van der Waals surface area contributed by atoms with Crippen LogP contribution in [-0.2, 0) is 0 Å². The Bertz CT molecular complexity index is 1250. The fourth-order valence-electron chi connectivity index (χ4n) is 4.33. The normalized spacial score (nSPS) is 12.8. The molecule has 0 aliphatic heterocycles. The molecule has 0 fully saturated rings. The molecule has 0 amide bonds. The summed E-state index contributed by atoms with van der Waals surface area (Å²) in [4.78, 5) is 17.9. The molecule has 156 valence electrons. The van der Waals surface area contributed by atoms with Gasteiger partial charge in [0.25, 0.3) is 5.56 Å². The Morgan fingerprint density at radius 3 is 2.50 bits per heavy atom. The van der Waals surface area contributed by atoms with Gasteiger partial charge in [-0.15, -0.1) is 11.3 Å². The van der Waals surface area contributed by atoms with Crippen molar-refractivity contribution in [2.24, 2.45) is 0 Å². The van der Waals surface area contributed by atoms with Crippen LogP contribution >= 0.6 is 11.3 Å². The predicted molar refractivity (Wildman–Crippen MR) is 128 cm³/mol. The maximum absolute atomic E-state index is 12.5. The lowest BCUT2D eigenvalue weighted by molar-refractivity contribution is 0.288. The molecule has 30 heavy (non-hydrogen) atoms. The Kier molecular flexibility index (Phi) is 5.67. The molecule has 0 spiro atoms. The molecule has 2 heterocycles. The van der Waals surface area contributed by atoms with Gasteiger partial charge in [0.1, 0.15) is 10.4 Å². The number of hydrogen-bond donors (Lipinski definition) is 2. The van der Waals surface area contributed by atoms with Gasteiger partial charge in [0.2, 0.25) is 0 Å². The Labute approximate surface area is 180 Å². The monoisotopic (exact) mass is 420 g/mol. The number of aromatic amines is 1. The highest BCUT2D eigenvalue weighted by molar-refractivity contribution is 7.17. The summed E-state index contributed by atoms with van der Waals surface area (Å²) in [6.45, 7) is 11.7. The van der Waals surface area contributed by atoms with Gasteiger partial charge in [-0.2, -0.15) is 0 Å². The van der Waals surface area contributed by atoms with Crippen molar-refractivity contribution in [2.75, 3.05) is 19.6 Å². The van der Waals surface area contributed by atoms with Crippen molar-refractivity contribution in [1.29, 1.82) is 0 Å². The number of rotatable bonds is 6. The first-order valence-electron chi connectivity index (χ1n) is 10.5. The van der Waals surface area contributed by atoms with E-state index in [0.717, 1.165) is 52.6 Å². The van der Waals surface area contributed by atoms with E-state index in [1.165, 1.54) is 16.9 Å². The van der Waals surface area contributed by atoms with Crippen molar-refractivity contribution in [2.45, 2.75) is 33.6 Å². The first kappa shape index (κ1) is 20.6. The number of H-pyrrole nitrogens is 1. The summed E-state index contributed by atoms with van der Waals surface area (Å²) in [6, 6.07) is 12.2. The van der Waals surface area contributed by atoms with Crippen molar-refractivity contribution < 1.29 is 5.11 Å². The molecular weight excluding hydrogens is 392 g/mol. The number of nitrogens with zero attached hydrogens (tertiary/aromatic N) is 1. The van der Waals surface area contributed by atoms with Crippen LogP contribution in [0.2, 0.25) is 0 Å². The quantitative estimate of drug-likeness (QED) is 0.410. The third kappa shape index (κ3) is 3.53. The fraction of sp³-hybridized carbons (Fsp3) is 0.320. The van der Waals surface area contributed by atoms with Crippen LogP contribution in [0.25, 0.3) is 32.1 Å². The highest BCUT2D eigenvalue weighted by atomic mass is 32.1. The molecule has 0 aliphatic carbocycles. The molecule has 2 aromatic carbocycles. The molecule has 2 N–H and O–H groups in total. The maximum atomic E-state index is 12.5. The Morgan fingerprint density at radius 2 is 1.83 bits per heavy atom. The highest BCUT2D eigenvalue weighted by Crippen LogP contribution is 2.41. The van der Waals surface area contributed by atoms with E-state index in [4.69, 9.17) is 0 Å². The van der Waals surface area contributed by atoms with E-state index in [1.807, 2.05) is 18.4 Å². The number of pyridine rings is 1. The van der Waals surface area contributed by atoms with Crippen molar-refractivity contribution >= 4 is 32.3 Å². The summed E-state index contributed by atoms with van der Waals surface area (Å²) in [6.07, 6.45) is 0. The number of aromatic nitrogens is 1. The Morgan fingerprint density at radius 1 is 1.13 bits per heavy atom. The number of thiophene rings is 1. The third-order valence-corrected chi connectivity index (χ3v) is 6.99. The molecule has 1 unspecified atom stereocenters. The predicted octanol–water partition coefficient (Wildman–Crippen LogP) is 5.87. The lowest BCUT2D eigenvalue weighted by Crippen LogP contribution is -2.27. The number of phenolic OH excluding ortho intramolecular Hbond substituents is 1. The average molecular weight is 421 g/mol. The van der Waals surface area contributed by atoms with Crippen molar-refractivity contribution in [3.8, 4) is 16.9 Å². The standard InChI is InChI=1S/C25H28N2O2S/c1-5-27(6-2)14-16(4)17-7-9-18(10-8-17)21-20(28)13-15(3)23-22(21)19-11-12-30-24(19)25(29)26-23/h7-13,16,28H,5-6,14H2,1-4H3,(H,26,29). The van der Waals surface area contributed by atoms with Gasteiger partial charge in [-0.25, -0.2) is 0 Å². The van der Waals surface area contributed by atoms with Crippen molar-refractivity contribution in [3.63, 3.8) is 0 Å². The van der Waals surface area contributed by atoms with E-state index in [1.54, 1.807) is 6.07 Å². The smallest absolute Gasteiger partial charge is 0.266 e. The van der Waals surface area contributed by atoms with Gasteiger partial charge in [0.15, 0.2) is 0 Å². The van der Waals surface area contributed by atoms with Gasteiger partial charge in [0, 0.05) is 22.9 Å². The number of aromatic hydroxyl groups is 1.